The molecule has 1 aromatic heterocycles. The van der Waals surface area contributed by atoms with E-state index in [9.17, 15) is 14.0 Å². The van der Waals surface area contributed by atoms with E-state index in [1.807, 2.05) is 30.3 Å². The first-order chi connectivity index (χ1) is 20.4. The summed E-state index contributed by atoms with van der Waals surface area (Å²) in [6, 6.07) is 14.9. The SMILES string of the molecule is CCN(CC)CCN(CC(=O)N1CCN(c2ccc(-c3ccc(OC)c(OC)c3)nn2)CC1)C(=O)c1ccc(F)cc1. The number of hydrogen-bond donors (Lipinski definition) is 0. The molecule has 4 rings (SSSR count). The Hall–Kier alpha value is -4.25. The number of piperazine rings is 1. The maximum Gasteiger partial charge on any atom is 0.254 e. The molecule has 3 aromatic rings. The molecule has 0 unspecified atom stereocenters. The van der Waals surface area contributed by atoms with E-state index in [-0.39, 0.29) is 18.4 Å². The molecular formula is C31H39FN6O4. The highest BCUT2D eigenvalue weighted by Gasteiger charge is 2.26. The van der Waals surface area contributed by atoms with Gasteiger partial charge in [0.25, 0.3) is 5.91 Å². The molecule has 0 atom stereocenters. The van der Waals surface area contributed by atoms with Crippen molar-refractivity contribution in [2.24, 2.45) is 0 Å². The second-order valence-electron chi connectivity index (χ2n) is 9.97. The van der Waals surface area contributed by atoms with Gasteiger partial charge in [0.2, 0.25) is 5.91 Å². The van der Waals surface area contributed by atoms with E-state index in [1.165, 1.54) is 24.3 Å². The molecule has 11 heteroatoms. The summed E-state index contributed by atoms with van der Waals surface area (Å²) in [7, 11) is 3.19. The third-order valence-corrected chi connectivity index (χ3v) is 7.57. The van der Waals surface area contributed by atoms with Crippen LogP contribution in [0.15, 0.2) is 54.6 Å². The molecule has 10 nitrogen and oxygen atoms in total. The lowest BCUT2D eigenvalue weighted by Crippen LogP contribution is -2.52. The van der Waals surface area contributed by atoms with Crippen LogP contribution < -0.4 is 14.4 Å². The number of carbonyl (C=O) groups excluding carboxylic acids is 2. The van der Waals surface area contributed by atoms with Crippen molar-refractivity contribution in [2.45, 2.75) is 13.8 Å². The molecule has 0 saturated carbocycles. The predicted octanol–water partition coefficient (Wildman–Crippen LogP) is 3.43. The number of halogens is 1. The Balaban J connectivity index is 1.37. The van der Waals surface area contributed by atoms with Crippen molar-refractivity contribution in [3.8, 4) is 22.8 Å². The van der Waals surface area contributed by atoms with Gasteiger partial charge in [0, 0.05) is 50.4 Å². The topological polar surface area (TPSA) is 91.3 Å². The second-order valence-corrected chi connectivity index (χ2v) is 9.97. The third kappa shape index (κ3) is 7.52. The van der Waals surface area contributed by atoms with Crippen LogP contribution in [0.2, 0.25) is 0 Å². The standard InChI is InChI=1S/C31H39FN6O4/c1-5-35(6-2)15-16-38(31(40)23-7-10-25(32)11-8-23)22-30(39)37-19-17-36(18-20-37)29-14-12-26(33-34-29)24-9-13-27(41-3)28(21-24)42-4/h7-14,21H,5-6,15-20,22H2,1-4H3. The van der Waals surface area contributed by atoms with E-state index in [0.717, 1.165) is 24.5 Å². The second kappa shape index (κ2) is 14.6. The molecule has 0 spiro atoms. The van der Waals surface area contributed by atoms with Crippen molar-refractivity contribution in [3.05, 3.63) is 66.0 Å². The van der Waals surface area contributed by atoms with Gasteiger partial charge < -0.3 is 29.1 Å². The van der Waals surface area contributed by atoms with Crippen molar-refractivity contribution in [1.29, 1.82) is 0 Å². The highest BCUT2D eigenvalue weighted by atomic mass is 19.1. The van der Waals surface area contributed by atoms with Crippen LogP contribution in [-0.2, 0) is 4.79 Å². The average Bonchev–Trinajstić information content (AvgIpc) is 3.04. The number of rotatable bonds is 12. The predicted molar refractivity (Wildman–Crippen MR) is 159 cm³/mol. The van der Waals surface area contributed by atoms with Crippen LogP contribution in [-0.4, -0.2) is 110 Å². The average molecular weight is 579 g/mol. The zero-order chi connectivity index (χ0) is 30.1. The zero-order valence-corrected chi connectivity index (χ0v) is 24.8. The van der Waals surface area contributed by atoms with Crippen LogP contribution in [0.25, 0.3) is 11.3 Å². The summed E-state index contributed by atoms with van der Waals surface area (Å²) in [6.07, 6.45) is 0. The lowest BCUT2D eigenvalue weighted by Gasteiger charge is -2.36. The molecule has 0 bridgehead atoms. The molecule has 1 aliphatic heterocycles. The molecule has 0 N–H and O–H groups in total. The minimum Gasteiger partial charge on any atom is -0.493 e. The van der Waals surface area contributed by atoms with Crippen molar-refractivity contribution in [1.82, 2.24) is 24.9 Å². The number of amides is 2. The number of benzene rings is 2. The van der Waals surface area contributed by atoms with E-state index >= 15 is 0 Å². The first kappa shape index (κ1) is 30.7. The van der Waals surface area contributed by atoms with Crippen LogP contribution in [0.3, 0.4) is 0 Å². The van der Waals surface area contributed by atoms with Gasteiger partial charge in [0.05, 0.1) is 19.9 Å². The fourth-order valence-corrected chi connectivity index (χ4v) is 4.92. The van der Waals surface area contributed by atoms with E-state index in [2.05, 4.69) is 33.8 Å². The van der Waals surface area contributed by atoms with Gasteiger partial charge in [0.15, 0.2) is 17.3 Å². The lowest BCUT2D eigenvalue weighted by molar-refractivity contribution is -0.132. The Labute approximate surface area is 246 Å². The number of likely N-dealkylation sites (N-methyl/N-ethyl adjacent to an activating group) is 1. The molecule has 2 aromatic carbocycles. The summed E-state index contributed by atoms with van der Waals surface area (Å²) < 4.78 is 24.1. The first-order valence-corrected chi connectivity index (χ1v) is 14.2. The number of aromatic nitrogens is 2. The van der Waals surface area contributed by atoms with Crippen LogP contribution in [0.5, 0.6) is 11.5 Å². The fourth-order valence-electron chi connectivity index (χ4n) is 4.92. The van der Waals surface area contributed by atoms with Crippen molar-refractivity contribution in [2.75, 3.05) is 78.0 Å². The maximum absolute atomic E-state index is 13.4. The minimum absolute atomic E-state index is 0.0305. The van der Waals surface area contributed by atoms with Crippen molar-refractivity contribution in [3.63, 3.8) is 0 Å². The zero-order valence-electron chi connectivity index (χ0n) is 24.8. The molecule has 2 heterocycles. The number of anilines is 1. The van der Waals surface area contributed by atoms with Gasteiger partial charge in [-0.2, -0.15) is 0 Å². The Morgan fingerprint density at radius 3 is 2.14 bits per heavy atom. The van der Waals surface area contributed by atoms with E-state index in [4.69, 9.17) is 9.47 Å². The number of methoxy groups -OCH3 is 2. The summed E-state index contributed by atoms with van der Waals surface area (Å²) >= 11 is 0. The summed E-state index contributed by atoms with van der Waals surface area (Å²) in [5.74, 6) is 1.20. The number of hydrogen-bond acceptors (Lipinski definition) is 8. The number of carbonyl (C=O) groups is 2. The van der Waals surface area contributed by atoms with Crippen LogP contribution >= 0.6 is 0 Å². The Bertz CT molecular complexity index is 1330. The monoisotopic (exact) mass is 578 g/mol. The summed E-state index contributed by atoms with van der Waals surface area (Å²) in [5, 5.41) is 8.84. The molecule has 1 fully saturated rings. The molecule has 0 radical (unpaired) electrons. The molecule has 224 valence electrons. The van der Waals surface area contributed by atoms with E-state index in [0.29, 0.717) is 62.0 Å². The molecule has 1 saturated heterocycles. The normalized spacial score (nSPS) is 13.3. The summed E-state index contributed by atoms with van der Waals surface area (Å²) in [5.41, 5.74) is 1.94. The Morgan fingerprint density at radius 1 is 0.857 bits per heavy atom. The Morgan fingerprint density at radius 2 is 1.55 bits per heavy atom. The summed E-state index contributed by atoms with van der Waals surface area (Å²) in [4.78, 5) is 34.2. The molecule has 0 aliphatic carbocycles. The molecular weight excluding hydrogens is 539 g/mol. The third-order valence-electron chi connectivity index (χ3n) is 7.57. The first-order valence-electron chi connectivity index (χ1n) is 14.2. The van der Waals surface area contributed by atoms with Gasteiger partial charge in [-0.1, -0.05) is 13.8 Å². The lowest BCUT2D eigenvalue weighted by atomic mass is 10.1. The minimum atomic E-state index is -0.407. The number of nitrogens with zero attached hydrogens (tertiary/aromatic N) is 6. The molecule has 1 aliphatic rings. The van der Waals surface area contributed by atoms with Crippen molar-refractivity contribution >= 4 is 17.6 Å². The van der Waals surface area contributed by atoms with Crippen molar-refractivity contribution < 1.29 is 23.5 Å². The largest absolute Gasteiger partial charge is 0.493 e. The highest BCUT2D eigenvalue weighted by molar-refractivity contribution is 5.96. The smallest absolute Gasteiger partial charge is 0.254 e. The van der Waals surface area contributed by atoms with Gasteiger partial charge in [-0.05, 0) is 67.7 Å². The number of ether oxygens (including phenoxy) is 2. The van der Waals surface area contributed by atoms with Gasteiger partial charge in [0.1, 0.15) is 12.4 Å². The Kier molecular flexibility index (Phi) is 10.7. The van der Waals surface area contributed by atoms with Gasteiger partial charge >= 0.3 is 0 Å². The van der Waals surface area contributed by atoms with Crippen LogP contribution in [0, 0.1) is 5.82 Å². The van der Waals surface area contributed by atoms with Crippen LogP contribution in [0.1, 0.15) is 24.2 Å². The molecule has 42 heavy (non-hydrogen) atoms. The van der Waals surface area contributed by atoms with E-state index < -0.39 is 5.82 Å². The van der Waals surface area contributed by atoms with Crippen LogP contribution in [0.4, 0.5) is 10.2 Å². The van der Waals surface area contributed by atoms with Gasteiger partial charge in [-0.15, -0.1) is 10.2 Å². The summed E-state index contributed by atoms with van der Waals surface area (Å²) in [6.45, 7) is 9.07. The quantitative estimate of drug-likeness (QED) is 0.323. The highest BCUT2D eigenvalue weighted by Crippen LogP contribution is 2.31. The van der Waals surface area contributed by atoms with Gasteiger partial charge in [-0.25, -0.2) is 4.39 Å². The molecule has 2 amide bonds. The maximum atomic E-state index is 13.4. The van der Waals surface area contributed by atoms with Gasteiger partial charge in [-0.3, -0.25) is 9.59 Å². The fraction of sp³-hybridized carbons (Fsp3) is 0.419. The van der Waals surface area contributed by atoms with E-state index in [1.54, 1.807) is 24.0 Å².